The highest BCUT2D eigenvalue weighted by atomic mass is 79.9. The van der Waals surface area contributed by atoms with E-state index in [1.165, 1.54) is 18.9 Å². The first-order chi connectivity index (χ1) is 9.90. The van der Waals surface area contributed by atoms with Crippen molar-refractivity contribution < 1.29 is 13.5 Å². The lowest BCUT2D eigenvalue weighted by atomic mass is 10.1. The smallest absolute Gasteiger partial charge is 0.241 e. The second-order valence-electron chi connectivity index (χ2n) is 5.29. The molecule has 1 rings (SSSR count). The second-order valence-corrected chi connectivity index (χ2v) is 7.83. The van der Waals surface area contributed by atoms with Gasteiger partial charge in [-0.2, -0.15) is 0 Å². The van der Waals surface area contributed by atoms with Gasteiger partial charge in [-0.05, 0) is 47.0 Å². The number of hydrogen-bond acceptors (Lipinski definition) is 3. The van der Waals surface area contributed by atoms with Gasteiger partial charge in [0, 0.05) is 10.5 Å². The molecule has 120 valence electrons. The summed E-state index contributed by atoms with van der Waals surface area (Å²) in [6, 6.07) is 4.67. The van der Waals surface area contributed by atoms with Crippen LogP contribution in [0.1, 0.15) is 51.5 Å². The van der Waals surface area contributed by atoms with Gasteiger partial charge in [0.1, 0.15) is 0 Å². The van der Waals surface area contributed by atoms with Crippen LogP contribution in [0.3, 0.4) is 0 Å². The molecule has 1 aromatic rings. The molecule has 0 fully saturated rings. The molecule has 0 bridgehead atoms. The van der Waals surface area contributed by atoms with Crippen LogP contribution in [0, 0.1) is 0 Å². The van der Waals surface area contributed by atoms with Gasteiger partial charge < -0.3 is 5.11 Å². The number of hydrogen-bond donors (Lipinski definition) is 2. The van der Waals surface area contributed by atoms with E-state index in [0.29, 0.717) is 10.0 Å². The fourth-order valence-electron chi connectivity index (χ4n) is 2.13. The van der Waals surface area contributed by atoms with Gasteiger partial charge in [0.25, 0.3) is 0 Å². The normalized spacial score (nSPS) is 13.3. The Morgan fingerprint density at radius 2 is 2.00 bits per heavy atom. The van der Waals surface area contributed by atoms with Crippen molar-refractivity contribution in [1.82, 2.24) is 4.72 Å². The Kier molecular flexibility index (Phi) is 7.87. The summed E-state index contributed by atoms with van der Waals surface area (Å²) >= 11 is 3.26. The van der Waals surface area contributed by atoms with E-state index in [0.717, 1.165) is 19.3 Å². The topological polar surface area (TPSA) is 66.4 Å². The van der Waals surface area contributed by atoms with Gasteiger partial charge in [0.05, 0.1) is 11.5 Å². The predicted octanol–water partition coefficient (Wildman–Crippen LogP) is 3.58. The Labute approximate surface area is 136 Å². The zero-order chi connectivity index (χ0) is 15.9. The summed E-state index contributed by atoms with van der Waals surface area (Å²) in [5, 5.41) is 9.06. The highest BCUT2D eigenvalue weighted by Crippen LogP contribution is 2.23. The number of sulfonamides is 1. The third-order valence-corrected chi connectivity index (χ3v) is 5.88. The van der Waals surface area contributed by atoms with Crippen LogP contribution < -0.4 is 4.72 Å². The molecule has 0 aromatic heterocycles. The number of benzene rings is 1. The summed E-state index contributed by atoms with van der Waals surface area (Å²) in [6.45, 7) is 3.93. The number of aliphatic hydroxyl groups excluding tert-OH is 1. The molecule has 0 aliphatic rings. The van der Waals surface area contributed by atoms with Crippen LogP contribution in [0.2, 0.25) is 0 Å². The lowest BCUT2D eigenvalue weighted by molar-refractivity contribution is 0.281. The molecule has 0 aliphatic heterocycles. The largest absolute Gasteiger partial charge is 0.392 e. The van der Waals surface area contributed by atoms with Crippen LogP contribution in [0.4, 0.5) is 0 Å². The van der Waals surface area contributed by atoms with Gasteiger partial charge >= 0.3 is 0 Å². The maximum Gasteiger partial charge on any atom is 0.241 e. The first-order valence-corrected chi connectivity index (χ1v) is 9.60. The predicted molar refractivity (Wildman–Crippen MR) is 88.6 cm³/mol. The number of halogens is 1. The molecule has 4 nitrogen and oxygen atoms in total. The van der Waals surface area contributed by atoms with Crippen molar-refractivity contribution in [1.29, 1.82) is 0 Å². The lowest BCUT2D eigenvalue weighted by Crippen LogP contribution is -2.32. The minimum atomic E-state index is -3.54. The van der Waals surface area contributed by atoms with Crippen molar-refractivity contribution in [2.75, 3.05) is 0 Å². The molecule has 0 amide bonds. The molecular formula is C15H24BrNO3S. The molecular weight excluding hydrogens is 354 g/mol. The third-order valence-electron chi connectivity index (χ3n) is 3.32. The molecule has 6 heteroatoms. The number of unbranched alkanes of at least 4 members (excludes halogenated alkanes) is 3. The molecule has 21 heavy (non-hydrogen) atoms. The second kappa shape index (κ2) is 8.88. The van der Waals surface area contributed by atoms with Gasteiger partial charge in [0.15, 0.2) is 0 Å². The first kappa shape index (κ1) is 18.6. The standard InChI is InChI=1S/C15H24BrNO3S/c1-3-4-5-6-7-12(2)17-21(19,20)15-9-8-13(11-18)10-14(15)16/h8-10,12,17-18H,3-7,11H2,1-2H3. The Morgan fingerprint density at radius 1 is 1.29 bits per heavy atom. The fraction of sp³-hybridized carbons (Fsp3) is 0.600. The van der Waals surface area contributed by atoms with E-state index in [4.69, 9.17) is 5.11 Å². The Hall–Kier alpha value is -0.430. The van der Waals surface area contributed by atoms with Crippen LogP contribution in [-0.4, -0.2) is 19.6 Å². The van der Waals surface area contributed by atoms with Crippen molar-refractivity contribution in [2.45, 2.75) is 63.5 Å². The van der Waals surface area contributed by atoms with E-state index in [2.05, 4.69) is 27.6 Å². The maximum absolute atomic E-state index is 12.3. The monoisotopic (exact) mass is 377 g/mol. The minimum Gasteiger partial charge on any atom is -0.392 e. The SMILES string of the molecule is CCCCCCC(C)NS(=O)(=O)c1ccc(CO)cc1Br. The fourth-order valence-corrected chi connectivity index (χ4v) is 4.53. The first-order valence-electron chi connectivity index (χ1n) is 7.32. The van der Waals surface area contributed by atoms with Crippen molar-refractivity contribution in [3.63, 3.8) is 0 Å². The van der Waals surface area contributed by atoms with Gasteiger partial charge in [-0.15, -0.1) is 0 Å². The average Bonchev–Trinajstić information content (AvgIpc) is 2.42. The van der Waals surface area contributed by atoms with E-state index < -0.39 is 10.0 Å². The van der Waals surface area contributed by atoms with Gasteiger partial charge in [-0.25, -0.2) is 13.1 Å². The molecule has 1 atom stereocenters. The molecule has 2 N–H and O–H groups in total. The van der Waals surface area contributed by atoms with E-state index in [1.54, 1.807) is 12.1 Å². The average molecular weight is 378 g/mol. The molecule has 0 spiro atoms. The van der Waals surface area contributed by atoms with E-state index in [9.17, 15) is 8.42 Å². The molecule has 0 heterocycles. The Balaban J connectivity index is 2.68. The summed E-state index contributed by atoms with van der Waals surface area (Å²) in [5.41, 5.74) is 0.674. The van der Waals surface area contributed by atoms with Crippen LogP contribution in [0.25, 0.3) is 0 Å². The minimum absolute atomic E-state index is 0.0868. The maximum atomic E-state index is 12.3. The lowest BCUT2D eigenvalue weighted by Gasteiger charge is -2.15. The Bertz CT molecular complexity index is 546. The summed E-state index contributed by atoms with van der Waals surface area (Å²) < 4.78 is 27.9. The van der Waals surface area contributed by atoms with Gasteiger partial charge in [-0.3, -0.25) is 0 Å². The van der Waals surface area contributed by atoms with Crippen LogP contribution in [0.15, 0.2) is 27.6 Å². The Morgan fingerprint density at radius 3 is 2.57 bits per heavy atom. The van der Waals surface area contributed by atoms with Crippen LogP contribution in [-0.2, 0) is 16.6 Å². The molecule has 0 aliphatic carbocycles. The quantitative estimate of drug-likeness (QED) is 0.646. The van der Waals surface area contributed by atoms with E-state index in [1.807, 2.05) is 6.92 Å². The van der Waals surface area contributed by atoms with Crippen molar-refractivity contribution in [3.05, 3.63) is 28.2 Å². The third kappa shape index (κ3) is 6.06. The van der Waals surface area contributed by atoms with E-state index in [-0.39, 0.29) is 17.5 Å². The van der Waals surface area contributed by atoms with Crippen molar-refractivity contribution >= 4 is 26.0 Å². The van der Waals surface area contributed by atoms with Gasteiger partial charge in [-0.1, -0.05) is 38.7 Å². The van der Waals surface area contributed by atoms with Crippen LogP contribution >= 0.6 is 15.9 Å². The molecule has 1 unspecified atom stereocenters. The molecule has 0 saturated heterocycles. The summed E-state index contributed by atoms with van der Waals surface area (Å²) in [7, 11) is -3.54. The number of rotatable bonds is 9. The number of aliphatic hydroxyl groups is 1. The zero-order valence-corrected chi connectivity index (χ0v) is 15.0. The van der Waals surface area contributed by atoms with Gasteiger partial charge in [0.2, 0.25) is 10.0 Å². The zero-order valence-electron chi connectivity index (χ0n) is 12.6. The van der Waals surface area contributed by atoms with Crippen molar-refractivity contribution in [3.8, 4) is 0 Å². The molecule has 0 saturated carbocycles. The summed E-state index contributed by atoms with van der Waals surface area (Å²) in [5.74, 6) is 0. The molecule has 1 aromatic carbocycles. The summed E-state index contributed by atoms with van der Waals surface area (Å²) in [6.07, 6.45) is 5.36. The number of nitrogens with one attached hydrogen (secondary N) is 1. The highest BCUT2D eigenvalue weighted by molar-refractivity contribution is 9.10. The summed E-state index contributed by atoms with van der Waals surface area (Å²) in [4.78, 5) is 0.208. The molecule has 0 radical (unpaired) electrons. The van der Waals surface area contributed by atoms with Crippen molar-refractivity contribution in [2.24, 2.45) is 0 Å². The van der Waals surface area contributed by atoms with E-state index >= 15 is 0 Å². The van der Waals surface area contributed by atoms with Crippen LogP contribution in [0.5, 0.6) is 0 Å². The highest BCUT2D eigenvalue weighted by Gasteiger charge is 2.20.